The van der Waals surface area contributed by atoms with Crippen LogP contribution >= 0.6 is 0 Å². The van der Waals surface area contributed by atoms with E-state index < -0.39 is 0 Å². The second-order valence-electron chi connectivity index (χ2n) is 4.18. The fraction of sp³-hybridized carbons (Fsp3) is 0.417. The molecule has 0 aliphatic carbocycles. The molecule has 0 spiro atoms. The van der Waals surface area contributed by atoms with Crippen LogP contribution in [0.3, 0.4) is 0 Å². The van der Waals surface area contributed by atoms with Crippen molar-refractivity contribution in [1.29, 1.82) is 0 Å². The van der Waals surface area contributed by atoms with E-state index in [0.29, 0.717) is 5.92 Å². The molecule has 2 heteroatoms. The second-order valence-corrected chi connectivity index (χ2v) is 4.18. The van der Waals surface area contributed by atoms with E-state index in [2.05, 4.69) is 19.9 Å². The van der Waals surface area contributed by atoms with Crippen molar-refractivity contribution < 1.29 is 4.79 Å². The van der Waals surface area contributed by atoms with Crippen LogP contribution < -0.4 is 4.90 Å². The van der Waals surface area contributed by atoms with E-state index >= 15 is 0 Å². The van der Waals surface area contributed by atoms with Crippen LogP contribution in [0.4, 0.5) is 5.69 Å². The Bertz CT molecular complexity index is 370. The topological polar surface area (TPSA) is 20.3 Å². The zero-order valence-corrected chi connectivity index (χ0v) is 8.82. The Morgan fingerprint density at radius 3 is 2.57 bits per heavy atom. The largest absolute Gasteiger partial charge is 0.315 e. The van der Waals surface area contributed by atoms with Crippen LogP contribution in [0.5, 0.6) is 0 Å². The lowest BCUT2D eigenvalue weighted by Gasteiger charge is -2.13. The monoisotopic (exact) mass is 189 g/mol. The van der Waals surface area contributed by atoms with Gasteiger partial charge in [-0.25, -0.2) is 0 Å². The average Bonchev–Trinajstić information content (AvgIpc) is 2.41. The Balaban J connectivity index is 2.53. The van der Waals surface area contributed by atoms with Crippen LogP contribution in [0.1, 0.15) is 25.3 Å². The molecule has 14 heavy (non-hydrogen) atoms. The fourth-order valence-electron chi connectivity index (χ4n) is 2.16. The molecule has 2 nitrogen and oxygen atoms in total. The molecule has 0 aromatic heterocycles. The van der Waals surface area contributed by atoms with Crippen molar-refractivity contribution in [2.75, 3.05) is 11.9 Å². The molecule has 2 rings (SSSR count). The fourth-order valence-corrected chi connectivity index (χ4v) is 2.16. The Labute approximate surface area is 84.5 Å². The normalized spacial score (nSPS) is 20.4. The third-order valence-electron chi connectivity index (χ3n) is 2.90. The molecule has 0 fully saturated rings. The standard InChI is InChI=1S/C12H15NO/c1-8(2)11-9-6-4-5-7-10(9)13(3)12(11)14/h4-8,11H,1-3H3. The number of amides is 1. The maximum atomic E-state index is 11.9. The number of benzene rings is 1. The summed E-state index contributed by atoms with van der Waals surface area (Å²) in [6.45, 7) is 4.19. The molecule has 0 N–H and O–H groups in total. The molecule has 1 aromatic rings. The molecule has 0 radical (unpaired) electrons. The maximum Gasteiger partial charge on any atom is 0.234 e. The van der Waals surface area contributed by atoms with E-state index in [1.54, 1.807) is 4.90 Å². The second kappa shape index (κ2) is 3.12. The Morgan fingerprint density at radius 2 is 1.93 bits per heavy atom. The third-order valence-corrected chi connectivity index (χ3v) is 2.90. The van der Waals surface area contributed by atoms with Crippen molar-refractivity contribution in [3.63, 3.8) is 0 Å². The Hall–Kier alpha value is -1.31. The SMILES string of the molecule is CC(C)C1C(=O)N(C)c2ccccc21. The van der Waals surface area contributed by atoms with E-state index in [-0.39, 0.29) is 11.8 Å². The first kappa shape index (κ1) is 9.25. The number of fused-ring (bicyclic) bond motifs is 1. The van der Waals surface area contributed by atoms with Gasteiger partial charge in [0.1, 0.15) is 0 Å². The minimum absolute atomic E-state index is 0.0520. The van der Waals surface area contributed by atoms with Crippen molar-refractivity contribution in [2.24, 2.45) is 5.92 Å². The highest BCUT2D eigenvalue weighted by Gasteiger charge is 2.36. The molecule has 1 atom stereocenters. The number of para-hydroxylation sites is 1. The molecule has 1 amide bonds. The summed E-state index contributed by atoms with van der Waals surface area (Å²) in [5.41, 5.74) is 2.24. The van der Waals surface area contributed by atoms with Crippen LogP contribution in [0.2, 0.25) is 0 Å². The molecule has 0 saturated heterocycles. The molecular formula is C12H15NO. The van der Waals surface area contributed by atoms with Crippen molar-refractivity contribution in [2.45, 2.75) is 19.8 Å². The van der Waals surface area contributed by atoms with Gasteiger partial charge >= 0.3 is 0 Å². The number of nitrogens with zero attached hydrogens (tertiary/aromatic N) is 1. The van der Waals surface area contributed by atoms with Crippen LogP contribution in [0.15, 0.2) is 24.3 Å². The summed E-state index contributed by atoms with van der Waals surface area (Å²) in [6, 6.07) is 8.04. The summed E-state index contributed by atoms with van der Waals surface area (Å²) < 4.78 is 0. The van der Waals surface area contributed by atoms with Crippen molar-refractivity contribution >= 4 is 11.6 Å². The number of hydrogen-bond acceptors (Lipinski definition) is 1. The van der Waals surface area contributed by atoms with Crippen LogP contribution in [-0.2, 0) is 4.79 Å². The van der Waals surface area contributed by atoms with Gasteiger partial charge in [-0.3, -0.25) is 4.79 Å². The number of hydrogen-bond donors (Lipinski definition) is 0. The molecule has 0 saturated carbocycles. The summed E-state index contributed by atoms with van der Waals surface area (Å²) in [6.07, 6.45) is 0. The van der Waals surface area contributed by atoms with Crippen LogP contribution in [0, 0.1) is 5.92 Å². The molecule has 1 aliphatic heterocycles. The van der Waals surface area contributed by atoms with E-state index in [0.717, 1.165) is 5.69 Å². The summed E-state index contributed by atoms with van der Waals surface area (Å²) in [5.74, 6) is 0.644. The average molecular weight is 189 g/mol. The minimum atomic E-state index is 0.0520. The number of anilines is 1. The van der Waals surface area contributed by atoms with Crippen molar-refractivity contribution in [1.82, 2.24) is 0 Å². The number of rotatable bonds is 1. The smallest absolute Gasteiger partial charge is 0.234 e. The molecule has 1 aliphatic rings. The quantitative estimate of drug-likeness (QED) is 0.664. The molecule has 1 unspecified atom stereocenters. The zero-order valence-electron chi connectivity index (χ0n) is 8.82. The van der Waals surface area contributed by atoms with Gasteiger partial charge in [-0.1, -0.05) is 32.0 Å². The third kappa shape index (κ3) is 1.14. The van der Waals surface area contributed by atoms with Gasteiger partial charge in [-0.05, 0) is 17.5 Å². The van der Waals surface area contributed by atoms with Crippen molar-refractivity contribution in [3.8, 4) is 0 Å². The minimum Gasteiger partial charge on any atom is -0.315 e. The predicted molar refractivity (Wildman–Crippen MR) is 57.4 cm³/mol. The van der Waals surface area contributed by atoms with Gasteiger partial charge in [0.15, 0.2) is 0 Å². The summed E-state index contributed by atoms with van der Waals surface area (Å²) in [4.78, 5) is 13.7. The van der Waals surface area contributed by atoms with Gasteiger partial charge in [0.25, 0.3) is 0 Å². The lowest BCUT2D eigenvalue weighted by molar-refractivity contribution is -0.119. The summed E-state index contributed by atoms with van der Waals surface area (Å²) in [5, 5.41) is 0. The molecule has 0 bridgehead atoms. The van der Waals surface area contributed by atoms with Gasteiger partial charge in [-0.15, -0.1) is 0 Å². The van der Waals surface area contributed by atoms with Gasteiger partial charge < -0.3 is 4.90 Å². The maximum absolute atomic E-state index is 11.9. The molecule has 1 heterocycles. The Morgan fingerprint density at radius 1 is 1.29 bits per heavy atom. The summed E-state index contributed by atoms with van der Waals surface area (Å²) in [7, 11) is 1.85. The lowest BCUT2D eigenvalue weighted by Crippen LogP contribution is -2.26. The Kier molecular flexibility index (Phi) is 2.06. The van der Waals surface area contributed by atoms with E-state index in [1.165, 1.54) is 5.56 Å². The molecule has 1 aromatic carbocycles. The highest BCUT2D eigenvalue weighted by atomic mass is 16.2. The van der Waals surface area contributed by atoms with Crippen molar-refractivity contribution in [3.05, 3.63) is 29.8 Å². The predicted octanol–water partition coefficient (Wildman–Crippen LogP) is 2.40. The van der Waals surface area contributed by atoms with Gasteiger partial charge in [0.2, 0.25) is 5.91 Å². The first-order valence-corrected chi connectivity index (χ1v) is 4.99. The highest BCUT2D eigenvalue weighted by molar-refractivity contribution is 6.04. The lowest BCUT2D eigenvalue weighted by atomic mass is 9.90. The first-order valence-electron chi connectivity index (χ1n) is 4.99. The molecular weight excluding hydrogens is 174 g/mol. The number of carbonyl (C=O) groups is 1. The van der Waals surface area contributed by atoms with Gasteiger partial charge in [0.05, 0.1) is 5.92 Å². The van der Waals surface area contributed by atoms with Gasteiger partial charge in [0, 0.05) is 12.7 Å². The zero-order chi connectivity index (χ0) is 10.3. The van der Waals surface area contributed by atoms with E-state index in [9.17, 15) is 4.79 Å². The number of carbonyl (C=O) groups excluding carboxylic acids is 1. The first-order chi connectivity index (χ1) is 6.63. The number of likely N-dealkylation sites (N-methyl/N-ethyl adjacent to an activating group) is 1. The van der Waals surface area contributed by atoms with Crippen LogP contribution in [0.25, 0.3) is 0 Å². The van der Waals surface area contributed by atoms with Gasteiger partial charge in [-0.2, -0.15) is 0 Å². The van der Waals surface area contributed by atoms with E-state index in [4.69, 9.17) is 0 Å². The van der Waals surface area contributed by atoms with Crippen LogP contribution in [-0.4, -0.2) is 13.0 Å². The molecule has 74 valence electrons. The highest BCUT2D eigenvalue weighted by Crippen LogP contribution is 2.39. The summed E-state index contributed by atoms with van der Waals surface area (Å²) >= 11 is 0. The van der Waals surface area contributed by atoms with E-state index in [1.807, 2.05) is 25.2 Å².